The first-order valence-electron chi connectivity index (χ1n) is 6.49. The van der Waals surface area contributed by atoms with E-state index in [0.717, 1.165) is 16.9 Å². The summed E-state index contributed by atoms with van der Waals surface area (Å²) in [6, 6.07) is 18.3. The Labute approximate surface area is 113 Å². The first kappa shape index (κ1) is 12.2. The molecular formula is C16H17NO2. The predicted octanol–water partition coefficient (Wildman–Crippen LogP) is 2.73. The van der Waals surface area contributed by atoms with Crippen molar-refractivity contribution in [3.8, 4) is 5.75 Å². The zero-order valence-electron chi connectivity index (χ0n) is 10.9. The van der Waals surface area contributed by atoms with Gasteiger partial charge in [-0.3, -0.25) is 0 Å². The van der Waals surface area contributed by atoms with Crippen molar-refractivity contribution in [2.24, 2.45) is 0 Å². The van der Waals surface area contributed by atoms with Crippen LogP contribution in [-0.4, -0.2) is 19.9 Å². The Morgan fingerprint density at radius 3 is 2.53 bits per heavy atom. The van der Waals surface area contributed by atoms with Crippen LogP contribution < -0.4 is 10.1 Å². The molecule has 0 saturated carbocycles. The van der Waals surface area contributed by atoms with Gasteiger partial charge in [-0.2, -0.15) is 0 Å². The van der Waals surface area contributed by atoms with Gasteiger partial charge in [0.2, 0.25) is 6.29 Å². The molecule has 0 unspecified atom stereocenters. The molecule has 1 heterocycles. The summed E-state index contributed by atoms with van der Waals surface area (Å²) in [4.78, 5) is 0. The standard InChI is InChI=1S/C16H17NO2/c1-17-11-15-18-14-10-6-5-9-13(14)16(19-15)12-7-3-2-4-8-12/h2-10,15-17H,11H2,1H3/t15-,16+/m1/s1. The highest BCUT2D eigenvalue weighted by molar-refractivity contribution is 5.41. The van der Waals surface area contributed by atoms with Crippen molar-refractivity contribution in [1.82, 2.24) is 5.32 Å². The molecule has 2 aromatic carbocycles. The van der Waals surface area contributed by atoms with Gasteiger partial charge in [0.15, 0.2) is 0 Å². The molecule has 98 valence electrons. The minimum Gasteiger partial charge on any atom is -0.463 e. The van der Waals surface area contributed by atoms with E-state index in [-0.39, 0.29) is 12.4 Å². The van der Waals surface area contributed by atoms with E-state index in [4.69, 9.17) is 9.47 Å². The van der Waals surface area contributed by atoms with Gasteiger partial charge in [0.05, 0.1) is 6.54 Å². The molecule has 0 bridgehead atoms. The quantitative estimate of drug-likeness (QED) is 0.914. The molecule has 19 heavy (non-hydrogen) atoms. The molecule has 0 saturated heterocycles. The molecule has 3 nitrogen and oxygen atoms in total. The van der Waals surface area contributed by atoms with Gasteiger partial charge in [0.1, 0.15) is 11.9 Å². The molecule has 1 aliphatic heterocycles. The molecule has 0 spiro atoms. The maximum absolute atomic E-state index is 6.05. The normalized spacial score (nSPS) is 21.5. The summed E-state index contributed by atoms with van der Waals surface area (Å²) >= 11 is 0. The summed E-state index contributed by atoms with van der Waals surface area (Å²) in [5.41, 5.74) is 2.24. The fourth-order valence-corrected chi connectivity index (χ4v) is 2.34. The number of hydrogen-bond acceptors (Lipinski definition) is 3. The van der Waals surface area contributed by atoms with E-state index in [0.29, 0.717) is 6.54 Å². The van der Waals surface area contributed by atoms with Crippen LogP contribution in [0.25, 0.3) is 0 Å². The third-order valence-corrected chi connectivity index (χ3v) is 3.22. The molecule has 0 amide bonds. The molecule has 2 aromatic rings. The second kappa shape index (κ2) is 5.43. The van der Waals surface area contributed by atoms with Crippen molar-refractivity contribution in [1.29, 1.82) is 0 Å². The lowest BCUT2D eigenvalue weighted by Gasteiger charge is -2.32. The summed E-state index contributed by atoms with van der Waals surface area (Å²) in [5.74, 6) is 0.905. The molecule has 3 heteroatoms. The van der Waals surface area contributed by atoms with E-state index in [1.807, 2.05) is 43.4 Å². The number of benzene rings is 2. The Morgan fingerprint density at radius 1 is 1.00 bits per heavy atom. The van der Waals surface area contributed by atoms with Gasteiger partial charge in [-0.1, -0.05) is 48.5 Å². The Kier molecular flexibility index (Phi) is 3.49. The Morgan fingerprint density at radius 2 is 1.74 bits per heavy atom. The predicted molar refractivity (Wildman–Crippen MR) is 74.2 cm³/mol. The minimum absolute atomic E-state index is 0.0653. The Balaban J connectivity index is 1.98. The molecular weight excluding hydrogens is 238 g/mol. The van der Waals surface area contributed by atoms with Gasteiger partial charge >= 0.3 is 0 Å². The first-order valence-corrected chi connectivity index (χ1v) is 6.49. The van der Waals surface area contributed by atoms with E-state index in [1.165, 1.54) is 0 Å². The van der Waals surface area contributed by atoms with Crippen molar-refractivity contribution in [2.75, 3.05) is 13.6 Å². The summed E-state index contributed by atoms with van der Waals surface area (Å²) in [5, 5.41) is 3.09. The van der Waals surface area contributed by atoms with Gasteiger partial charge in [0, 0.05) is 5.56 Å². The highest BCUT2D eigenvalue weighted by Gasteiger charge is 2.29. The van der Waals surface area contributed by atoms with Gasteiger partial charge in [-0.25, -0.2) is 0 Å². The van der Waals surface area contributed by atoms with Crippen LogP contribution in [0.2, 0.25) is 0 Å². The van der Waals surface area contributed by atoms with Crippen LogP contribution >= 0.6 is 0 Å². The van der Waals surface area contributed by atoms with Gasteiger partial charge in [-0.05, 0) is 18.7 Å². The summed E-state index contributed by atoms with van der Waals surface area (Å²) in [6.45, 7) is 0.664. The van der Waals surface area contributed by atoms with Crippen molar-refractivity contribution >= 4 is 0 Å². The number of likely N-dealkylation sites (N-methyl/N-ethyl adjacent to an activating group) is 1. The average Bonchev–Trinajstić information content (AvgIpc) is 2.48. The minimum atomic E-state index is -0.259. The smallest absolute Gasteiger partial charge is 0.213 e. The molecule has 1 N–H and O–H groups in total. The molecule has 3 rings (SSSR count). The van der Waals surface area contributed by atoms with Crippen LogP contribution in [0, 0.1) is 0 Å². The number of nitrogens with one attached hydrogen (secondary N) is 1. The molecule has 0 fully saturated rings. The van der Waals surface area contributed by atoms with Crippen molar-refractivity contribution < 1.29 is 9.47 Å². The summed E-state index contributed by atoms with van der Waals surface area (Å²) in [6.07, 6.45) is -0.324. The van der Waals surface area contributed by atoms with Crippen LogP contribution in [0.4, 0.5) is 0 Å². The number of rotatable bonds is 3. The molecule has 0 radical (unpaired) electrons. The second-order valence-corrected chi connectivity index (χ2v) is 4.57. The fourth-order valence-electron chi connectivity index (χ4n) is 2.34. The zero-order valence-corrected chi connectivity index (χ0v) is 10.9. The van der Waals surface area contributed by atoms with Crippen LogP contribution in [0.15, 0.2) is 54.6 Å². The van der Waals surface area contributed by atoms with Crippen LogP contribution in [0.1, 0.15) is 17.2 Å². The lowest BCUT2D eigenvalue weighted by molar-refractivity contribution is -0.123. The summed E-state index contributed by atoms with van der Waals surface area (Å²) in [7, 11) is 1.89. The first-order chi connectivity index (χ1) is 9.38. The van der Waals surface area contributed by atoms with E-state index in [1.54, 1.807) is 0 Å². The highest BCUT2D eigenvalue weighted by Crippen LogP contribution is 2.37. The van der Waals surface area contributed by atoms with Crippen LogP contribution in [0.3, 0.4) is 0 Å². The monoisotopic (exact) mass is 255 g/mol. The average molecular weight is 255 g/mol. The van der Waals surface area contributed by atoms with Crippen molar-refractivity contribution in [2.45, 2.75) is 12.4 Å². The largest absolute Gasteiger partial charge is 0.463 e. The molecule has 0 aliphatic carbocycles. The van der Waals surface area contributed by atoms with E-state index in [2.05, 4.69) is 23.5 Å². The van der Waals surface area contributed by atoms with Gasteiger partial charge < -0.3 is 14.8 Å². The lowest BCUT2D eigenvalue weighted by atomic mass is 9.99. The molecule has 2 atom stereocenters. The van der Waals surface area contributed by atoms with Crippen molar-refractivity contribution in [3.63, 3.8) is 0 Å². The second-order valence-electron chi connectivity index (χ2n) is 4.57. The maximum Gasteiger partial charge on any atom is 0.213 e. The molecule has 1 aliphatic rings. The van der Waals surface area contributed by atoms with Crippen LogP contribution in [-0.2, 0) is 4.74 Å². The van der Waals surface area contributed by atoms with E-state index >= 15 is 0 Å². The summed E-state index contributed by atoms with van der Waals surface area (Å²) < 4.78 is 11.9. The SMILES string of the molecule is CNC[C@@H]1Oc2ccccc2[C@H](c2ccccc2)O1. The number of para-hydroxylation sites is 1. The topological polar surface area (TPSA) is 30.5 Å². The Bertz CT molecular complexity index is 541. The Hall–Kier alpha value is -1.84. The van der Waals surface area contributed by atoms with Crippen molar-refractivity contribution in [3.05, 3.63) is 65.7 Å². The maximum atomic E-state index is 6.05. The van der Waals surface area contributed by atoms with E-state index in [9.17, 15) is 0 Å². The third kappa shape index (κ3) is 2.48. The lowest BCUT2D eigenvalue weighted by Crippen LogP contribution is -2.36. The third-order valence-electron chi connectivity index (χ3n) is 3.22. The molecule has 0 aromatic heterocycles. The van der Waals surface area contributed by atoms with Crippen LogP contribution in [0.5, 0.6) is 5.75 Å². The highest BCUT2D eigenvalue weighted by atomic mass is 16.7. The fraction of sp³-hybridized carbons (Fsp3) is 0.250. The van der Waals surface area contributed by atoms with Gasteiger partial charge in [0.25, 0.3) is 0 Å². The number of ether oxygens (including phenoxy) is 2. The number of hydrogen-bond donors (Lipinski definition) is 1. The van der Waals surface area contributed by atoms with E-state index < -0.39 is 0 Å². The number of fused-ring (bicyclic) bond motifs is 1. The zero-order chi connectivity index (χ0) is 13.1. The van der Waals surface area contributed by atoms with Gasteiger partial charge in [-0.15, -0.1) is 0 Å².